The minimum absolute atomic E-state index is 0.0968. The van der Waals surface area contributed by atoms with Gasteiger partial charge in [0.1, 0.15) is 11.3 Å². The first-order valence-electron chi connectivity index (χ1n) is 7.66. The molecule has 2 aromatic heterocycles. The second kappa shape index (κ2) is 6.73. The van der Waals surface area contributed by atoms with Crippen molar-refractivity contribution < 1.29 is 22.4 Å². The van der Waals surface area contributed by atoms with Gasteiger partial charge >= 0.3 is 5.97 Å². The molecular weight excluding hydrogens is 344 g/mol. The molecule has 0 aliphatic carbocycles. The lowest BCUT2D eigenvalue weighted by Gasteiger charge is -2.03. The van der Waals surface area contributed by atoms with Crippen LogP contribution in [0.3, 0.4) is 0 Å². The molecule has 2 heterocycles. The van der Waals surface area contributed by atoms with Crippen molar-refractivity contribution in [3.8, 4) is 0 Å². The number of hydrogen-bond donors (Lipinski definition) is 2. The first-order valence-corrected chi connectivity index (χ1v) is 9.14. The monoisotopic (exact) mass is 362 g/mol. The van der Waals surface area contributed by atoms with Gasteiger partial charge in [-0.05, 0) is 25.0 Å². The number of ether oxygens (including phenoxy) is 1. The van der Waals surface area contributed by atoms with Crippen molar-refractivity contribution in [2.24, 2.45) is 0 Å². The van der Waals surface area contributed by atoms with Crippen LogP contribution in [0.4, 0.5) is 0 Å². The van der Waals surface area contributed by atoms with Crippen molar-refractivity contribution in [1.82, 2.24) is 9.71 Å². The van der Waals surface area contributed by atoms with E-state index in [9.17, 15) is 13.2 Å². The predicted octanol–water partition coefficient (Wildman–Crippen LogP) is 2.38. The largest absolute Gasteiger partial charge is 0.465 e. The molecule has 0 bridgehead atoms. The summed E-state index contributed by atoms with van der Waals surface area (Å²) < 4.78 is 37.0. The first kappa shape index (κ1) is 17.2. The van der Waals surface area contributed by atoms with Crippen LogP contribution in [0.5, 0.6) is 0 Å². The van der Waals surface area contributed by atoms with Gasteiger partial charge < -0.3 is 14.1 Å². The van der Waals surface area contributed by atoms with Gasteiger partial charge in [-0.15, -0.1) is 0 Å². The summed E-state index contributed by atoms with van der Waals surface area (Å²) in [4.78, 5) is 14.7. The third-order valence-electron chi connectivity index (χ3n) is 3.93. The Morgan fingerprint density at radius 3 is 2.84 bits per heavy atom. The first-order chi connectivity index (χ1) is 11.9. The maximum Gasteiger partial charge on any atom is 0.341 e. The molecule has 3 aromatic rings. The van der Waals surface area contributed by atoms with Crippen LogP contribution < -0.4 is 4.72 Å². The molecule has 0 radical (unpaired) electrons. The van der Waals surface area contributed by atoms with Crippen LogP contribution in [0.15, 0.2) is 46.0 Å². The van der Waals surface area contributed by atoms with E-state index in [2.05, 4.69) is 14.4 Å². The van der Waals surface area contributed by atoms with Crippen molar-refractivity contribution in [3.05, 3.63) is 53.4 Å². The van der Waals surface area contributed by atoms with Crippen molar-refractivity contribution in [3.63, 3.8) is 0 Å². The number of hydrogen-bond acceptors (Lipinski definition) is 5. The number of para-hydroxylation sites is 1. The summed E-state index contributed by atoms with van der Waals surface area (Å²) in [6.07, 6.45) is 2.39. The fourth-order valence-electron chi connectivity index (χ4n) is 2.63. The van der Waals surface area contributed by atoms with E-state index in [4.69, 9.17) is 4.42 Å². The molecule has 0 aliphatic rings. The van der Waals surface area contributed by atoms with Gasteiger partial charge in [0.25, 0.3) is 10.0 Å². The molecule has 0 fully saturated rings. The zero-order valence-corrected chi connectivity index (χ0v) is 14.6. The summed E-state index contributed by atoms with van der Waals surface area (Å²) in [5.74, 6) is -0.439. The number of rotatable bonds is 6. The number of methoxy groups -OCH3 is 1. The number of aromatic nitrogens is 1. The number of nitrogens with one attached hydrogen (secondary N) is 2. The number of carbonyl (C=O) groups is 1. The van der Waals surface area contributed by atoms with E-state index in [0.29, 0.717) is 6.42 Å². The van der Waals surface area contributed by atoms with Crippen molar-refractivity contribution >= 4 is 26.9 Å². The van der Waals surface area contributed by atoms with Crippen molar-refractivity contribution in [2.75, 3.05) is 13.7 Å². The molecule has 0 unspecified atom stereocenters. The Labute approximate surface area is 145 Å². The number of carbonyl (C=O) groups excluding carboxylic acids is 1. The van der Waals surface area contributed by atoms with E-state index in [1.165, 1.54) is 20.1 Å². The highest BCUT2D eigenvalue weighted by Gasteiger charge is 2.24. The molecule has 0 saturated heterocycles. The van der Waals surface area contributed by atoms with Gasteiger partial charge in [0.05, 0.1) is 7.11 Å². The predicted molar refractivity (Wildman–Crippen MR) is 92.0 cm³/mol. The number of furan rings is 1. The summed E-state index contributed by atoms with van der Waals surface area (Å²) in [7, 11) is -2.62. The van der Waals surface area contributed by atoms with Crippen LogP contribution in [0.25, 0.3) is 10.9 Å². The van der Waals surface area contributed by atoms with E-state index in [0.717, 1.165) is 16.5 Å². The lowest BCUT2D eigenvalue weighted by Crippen LogP contribution is -2.25. The number of aromatic amines is 1. The number of sulfonamides is 1. The number of fused-ring (bicyclic) bond motifs is 1. The molecule has 2 N–H and O–H groups in total. The third-order valence-corrected chi connectivity index (χ3v) is 5.24. The number of H-pyrrole nitrogens is 1. The van der Waals surface area contributed by atoms with Gasteiger partial charge in [-0.3, -0.25) is 0 Å². The molecular formula is C17H18N2O5S. The normalized spacial score (nSPS) is 11.8. The summed E-state index contributed by atoms with van der Waals surface area (Å²) in [6.45, 7) is 1.72. The minimum atomic E-state index is -3.84. The molecule has 1 aromatic carbocycles. The standard InChI is InChI=1S/C17H18N2O5S/c1-11-14(17(20)23-2)9-16(24-11)25(21,22)19-8-7-12-10-18-15-6-4-3-5-13(12)15/h3-6,9-10,18-19H,7-8H2,1-2H3. The summed E-state index contributed by atoms with van der Waals surface area (Å²) in [5.41, 5.74) is 2.12. The van der Waals surface area contributed by atoms with Gasteiger partial charge in [0, 0.05) is 29.7 Å². The second-order valence-electron chi connectivity index (χ2n) is 5.53. The molecule has 0 atom stereocenters. The van der Waals surface area contributed by atoms with Gasteiger partial charge in [0.2, 0.25) is 5.09 Å². The summed E-state index contributed by atoms with van der Waals surface area (Å²) in [5, 5.41) is 0.757. The van der Waals surface area contributed by atoms with Crippen LogP contribution in [-0.2, 0) is 21.2 Å². The van der Waals surface area contributed by atoms with Crippen LogP contribution in [0.1, 0.15) is 21.7 Å². The van der Waals surface area contributed by atoms with E-state index < -0.39 is 16.0 Å². The SMILES string of the molecule is COC(=O)c1cc(S(=O)(=O)NCCc2c[nH]c3ccccc23)oc1C. The Morgan fingerprint density at radius 2 is 2.08 bits per heavy atom. The summed E-state index contributed by atoms with van der Waals surface area (Å²) in [6, 6.07) is 8.99. The summed E-state index contributed by atoms with van der Waals surface area (Å²) >= 11 is 0. The minimum Gasteiger partial charge on any atom is -0.465 e. The van der Waals surface area contributed by atoms with Gasteiger partial charge in [0.15, 0.2) is 0 Å². The lowest BCUT2D eigenvalue weighted by molar-refractivity contribution is 0.0598. The maximum absolute atomic E-state index is 12.3. The number of benzene rings is 1. The smallest absolute Gasteiger partial charge is 0.341 e. The van der Waals surface area contributed by atoms with Crippen LogP contribution >= 0.6 is 0 Å². The Hall–Kier alpha value is -2.58. The molecule has 0 spiro atoms. The molecule has 3 rings (SSSR count). The van der Waals surface area contributed by atoms with E-state index in [-0.39, 0.29) is 23.0 Å². The third kappa shape index (κ3) is 3.45. The molecule has 0 saturated carbocycles. The van der Waals surface area contributed by atoms with Gasteiger partial charge in [-0.25, -0.2) is 17.9 Å². The van der Waals surface area contributed by atoms with E-state index >= 15 is 0 Å². The van der Waals surface area contributed by atoms with E-state index in [1.54, 1.807) is 0 Å². The average Bonchev–Trinajstić information content (AvgIpc) is 3.18. The van der Waals surface area contributed by atoms with E-state index in [1.807, 2.05) is 30.5 Å². The van der Waals surface area contributed by atoms with Crippen LogP contribution in [0.2, 0.25) is 0 Å². The number of aryl methyl sites for hydroxylation is 1. The molecule has 0 amide bonds. The highest BCUT2D eigenvalue weighted by molar-refractivity contribution is 7.89. The average molecular weight is 362 g/mol. The Balaban J connectivity index is 1.71. The highest BCUT2D eigenvalue weighted by Crippen LogP contribution is 2.20. The molecule has 8 heteroatoms. The van der Waals surface area contributed by atoms with Crippen LogP contribution in [-0.4, -0.2) is 33.0 Å². The number of esters is 1. The van der Waals surface area contributed by atoms with Gasteiger partial charge in [-0.1, -0.05) is 18.2 Å². The van der Waals surface area contributed by atoms with Crippen molar-refractivity contribution in [2.45, 2.75) is 18.4 Å². The zero-order chi connectivity index (χ0) is 18.0. The Morgan fingerprint density at radius 1 is 1.32 bits per heavy atom. The second-order valence-corrected chi connectivity index (χ2v) is 7.23. The lowest BCUT2D eigenvalue weighted by atomic mass is 10.1. The molecule has 132 valence electrons. The van der Waals surface area contributed by atoms with Crippen molar-refractivity contribution in [1.29, 1.82) is 0 Å². The Kier molecular flexibility index (Phi) is 4.65. The molecule has 0 aliphatic heterocycles. The maximum atomic E-state index is 12.3. The Bertz CT molecular complexity index is 1020. The fraction of sp³-hybridized carbons (Fsp3) is 0.235. The fourth-order valence-corrected chi connectivity index (χ4v) is 3.65. The zero-order valence-electron chi connectivity index (χ0n) is 13.8. The quantitative estimate of drug-likeness (QED) is 0.656. The molecule has 25 heavy (non-hydrogen) atoms. The molecule has 7 nitrogen and oxygen atoms in total. The van der Waals surface area contributed by atoms with Gasteiger partial charge in [-0.2, -0.15) is 0 Å². The highest BCUT2D eigenvalue weighted by atomic mass is 32.2. The van der Waals surface area contributed by atoms with Crippen LogP contribution in [0, 0.1) is 6.92 Å². The topological polar surface area (TPSA) is 101 Å².